The van der Waals surface area contributed by atoms with E-state index >= 15 is 0 Å². The molecule has 1 N–H and O–H groups in total. The van der Waals surface area contributed by atoms with E-state index in [0.717, 1.165) is 17.8 Å². The second-order valence-electron chi connectivity index (χ2n) is 4.19. The Morgan fingerprint density at radius 1 is 1.39 bits per heavy atom. The van der Waals surface area contributed by atoms with Gasteiger partial charge < -0.3 is 4.98 Å². The lowest BCUT2D eigenvalue weighted by molar-refractivity contribution is -0.137. The highest BCUT2D eigenvalue weighted by molar-refractivity contribution is 9.10. The third kappa shape index (κ3) is 3.25. The molecule has 1 aromatic carbocycles. The Balaban J connectivity index is 2.98. The summed E-state index contributed by atoms with van der Waals surface area (Å²) in [5, 5.41) is 9.01. The van der Waals surface area contributed by atoms with Gasteiger partial charge in [0, 0.05) is 0 Å². The summed E-state index contributed by atoms with van der Waals surface area (Å²) in [5.41, 5.74) is -4.53. The van der Waals surface area contributed by atoms with Crippen molar-refractivity contribution < 1.29 is 17.6 Å². The number of alkyl halides is 3. The van der Waals surface area contributed by atoms with E-state index < -0.39 is 39.9 Å². The summed E-state index contributed by atoms with van der Waals surface area (Å²) in [6.45, 7) is 0. The van der Waals surface area contributed by atoms with Crippen molar-refractivity contribution in [3.05, 3.63) is 43.9 Å². The monoisotopic (exact) mass is 407 g/mol. The van der Waals surface area contributed by atoms with Crippen LogP contribution in [-0.4, -0.2) is 16.2 Å². The quantitative estimate of drug-likeness (QED) is 0.464. The van der Waals surface area contributed by atoms with E-state index in [4.69, 9.17) is 5.26 Å². The van der Waals surface area contributed by atoms with E-state index in [-0.39, 0.29) is 9.63 Å². The number of halogens is 5. The van der Waals surface area contributed by atoms with E-state index in [1.165, 1.54) is 12.3 Å². The molecule has 0 spiro atoms. The summed E-state index contributed by atoms with van der Waals surface area (Å²) in [6.07, 6.45) is -3.36. The number of hydrogen-bond acceptors (Lipinski definition) is 4. The standard InChI is InChI=1S/C13H6BrF4N3OS/c1-23-12-20-10(5(4-19)11(22)21-12)8-6(13(16,17)18)2-3-7(14)9(8)15/h2-3H,1H3,(H,20,21,22). The maximum atomic E-state index is 14.3. The Hall–Kier alpha value is -1.86. The van der Waals surface area contributed by atoms with Crippen molar-refractivity contribution in [2.75, 3.05) is 6.26 Å². The first-order valence-electron chi connectivity index (χ1n) is 5.84. The van der Waals surface area contributed by atoms with Crippen molar-refractivity contribution >= 4 is 27.7 Å². The minimum Gasteiger partial charge on any atom is -0.300 e. The van der Waals surface area contributed by atoms with Crippen molar-refractivity contribution in [1.29, 1.82) is 5.26 Å². The van der Waals surface area contributed by atoms with E-state index in [2.05, 4.69) is 25.9 Å². The van der Waals surface area contributed by atoms with Crippen LogP contribution in [0.4, 0.5) is 17.6 Å². The molecule has 0 saturated heterocycles. The Bertz CT molecular complexity index is 873. The molecule has 0 fully saturated rings. The number of aromatic nitrogens is 2. The average Bonchev–Trinajstić information content (AvgIpc) is 2.47. The highest BCUT2D eigenvalue weighted by Gasteiger charge is 2.37. The topological polar surface area (TPSA) is 69.5 Å². The molecule has 1 heterocycles. The molecule has 120 valence electrons. The number of nitriles is 1. The van der Waals surface area contributed by atoms with Gasteiger partial charge in [-0.05, 0) is 34.3 Å². The van der Waals surface area contributed by atoms with Crippen LogP contribution >= 0.6 is 27.7 Å². The first-order chi connectivity index (χ1) is 10.7. The van der Waals surface area contributed by atoms with Gasteiger partial charge in [0.15, 0.2) is 5.16 Å². The minimum atomic E-state index is -4.88. The SMILES string of the molecule is CSc1nc(-c2c(C(F)(F)F)ccc(Br)c2F)c(C#N)c(=O)[nH]1. The number of nitrogens with one attached hydrogen (secondary N) is 1. The third-order valence-electron chi connectivity index (χ3n) is 2.84. The summed E-state index contributed by atoms with van der Waals surface area (Å²) in [5.74, 6) is -1.25. The van der Waals surface area contributed by atoms with Gasteiger partial charge in [0.25, 0.3) is 5.56 Å². The summed E-state index contributed by atoms with van der Waals surface area (Å²) >= 11 is 3.74. The lowest BCUT2D eigenvalue weighted by Crippen LogP contribution is -2.17. The van der Waals surface area contributed by atoms with Crippen LogP contribution in [0.25, 0.3) is 11.3 Å². The lowest BCUT2D eigenvalue weighted by atomic mass is 10.00. The number of benzene rings is 1. The number of H-pyrrole nitrogens is 1. The minimum absolute atomic E-state index is 0.0310. The van der Waals surface area contributed by atoms with Crippen LogP contribution in [0.3, 0.4) is 0 Å². The summed E-state index contributed by atoms with van der Waals surface area (Å²) < 4.78 is 53.6. The van der Waals surface area contributed by atoms with Gasteiger partial charge in [-0.2, -0.15) is 18.4 Å². The zero-order valence-corrected chi connectivity index (χ0v) is 13.7. The second kappa shape index (κ2) is 6.33. The highest BCUT2D eigenvalue weighted by atomic mass is 79.9. The summed E-state index contributed by atoms with van der Waals surface area (Å²) in [4.78, 5) is 17.9. The molecule has 0 bridgehead atoms. The van der Waals surface area contributed by atoms with Gasteiger partial charge in [-0.3, -0.25) is 4.79 Å². The molecule has 0 saturated carbocycles. The number of nitrogens with zero attached hydrogens (tertiary/aromatic N) is 2. The van der Waals surface area contributed by atoms with E-state index in [1.54, 1.807) is 0 Å². The molecule has 0 amide bonds. The zero-order valence-electron chi connectivity index (χ0n) is 11.3. The molecule has 10 heteroatoms. The van der Waals surface area contributed by atoms with Crippen LogP contribution in [0.1, 0.15) is 11.1 Å². The Morgan fingerprint density at radius 2 is 2.04 bits per heavy atom. The molecule has 0 aliphatic rings. The zero-order chi connectivity index (χ0) is 17.4. The normalized spacial score (nSPS) is 11.3. The highest BCUT2D eigenvalue weighted by Crippen LogP contribution is 2.40. The predicted molar refractivity (Wildman–Crippen MR) is 79.4 cm³/mol. The van der Waals surface area contributed by atoms with E-state index in [0.29, 0.717) is 6.07 Å². The van der Waals surface area contributed by atoms with E-state index in [1.807, 2.05) is 0 Å². The fourth-order valence-corrected chi connectivity index (χ4v) is 2.56. The molecular weight excluding hydrogens is 402 g/mol. The second-order valence-corrected chi connectivity index (χ2v) is 5.84. The molecule has 0 aliphatic carbocycles. The van der Waals surface area contributed by atoms with Gasteiger partial charge >= 0.3 is 6.18 Å². The van der Waals surface area contributed by atoms with Gasteiger partial charge in [0.2, 0.25) is 0 Å². The maximum absolute atomic E-state index is 14.3. The van der Waals surface area contributed by atoms with Crippen LogP contribution in [-0.2, 0) is 6.18 Å². The molecule has 0 unspecified atom stereocenters. The molecule has 4 nitrogen and oxygen atoms in total. The lowest BCUT2D eigenvalue weighted by Gasteiger charge is -2.15. The Kier molecular flexibility index (Phi) is 4.81. The number of aromatic amines is 1. The molecule has 0 atom stereocenters. The van der Waals surface area contributed by atoms with Crippen molar-refractivity contribution in [3.8, 4) is 17.3 Å². The molecule has 2 rings (SSSR count). The van der Waals surface area contributed by atoms with Crippen molar-refractivity contribution in [2.45, 2.75) is 11.3 Å². The largest absolute Gasteiger partial charge is 0.417 e. The third-order valence-corrected chi connectivity index (χ3v) is 4.03. The number of hydrogen-bond donors (Lipinski definition) is 1. The fraction of sp³-hybridized carbons (Fsp3) is 0.154. The summed E-state index contributed by atoms with van der Waals surface area (Å²) in [7, 11) is 0. The smallest absolute Gasteiger partial charge is 0.300 e. The van der Waals surface area contributed by atoms with Crippen molar-refractivity contribution in [2.24, 2.45) is 0 Å². The average molecular weight is 408 g/mol. The molecule has 2 aromatic rings. The van der Waals surface area contributed by atoms with Crippen LogP contribution < -0.4 is 5.56 Å². The Morgan fingerprint density at radius 3 is 2.57 bits per heavy atom. The van der Waals surface area contributed by atoms with Crippen LogP contribution in [0, 0.1) is 17.1 Å². The molecule has 0 radical (unpaired) electrons. The molecule has 23 heavy (non-hydrogen) atoms. The summed E-state index contributed by atoms with van der Waals surface area (Å²) in [6, 6.07) is 3.03. The van der Waals surface area contributed by atoms with Gasteiger partial charge in [0.05, 0.1) is 15.6 Å². The molecule has 0 aliphatic heterocycles. The molecular formula is C13H6BrF4N3OS. The first-order valence-corrected chi connectivity index (χ1v) is 7.86. The van der Waals surface area contributed by atoms with Crippen molar-refractivity contribution in [3.63, 3.8) is 0 Å². The van der Waals surface area contributed by atoms with Crippen LogP contribution in [0.2, 0.25) is 0 Å². The predicted octanol–water partition coefficient (Wildman–Crippen LogP) is 3.95. The molecule has 1 aromatic heterocycles. The fourth-order valence-electron chi connectivity index (χ4n) is 1.85. The van der Waals surface area contributed by atoms with Crippen LogP contribution in [0.15, 0.2) is 26.6 Å². The number of thioether (sulfide) groups is 1. The number of rotatable bonds is 2. The first kappa shape index (κ1) is 17.5. The van der Waals surface area contributed by atoms with E-state index in [9.17, 15) is 22.4 Å². The van der Waals surface area contributed by atoms with Gasteiger partial charge in [-0.1, -0.05) is 11.8 Å². The Labute approximate surface area is 139 Å². The van der Waals surface area contributed by atoms with Gasteiger partial charge in [-0.15, -0.1) is 0 Å². The van der Waals surface area contributed by atoms with Gasteiger partial charge in [0.1, 0.15) is 23.1 Å². The maximum Gasteiger partial charge on any atom is 0.417 e. The van der Waals surface area contributed by atoms with Crippen LogP contribution in [0.5, 0.6) is 0 Å². The van der Waals surface area contributed by atoms with Gasteiger partial charge in [-0.25, -0.2) is 9.37 Å². The van der Waals surface area contributed by atoms with Crippen molar-refractivity contribution in [1.82, 2.24) is 9.97 Å².